The van der Waals surface area contributed by atoms with Crippen LogP contribution < -0.4 is 15.0 Å². The first-order valence-electron chi connectivity index (χ1n) is 9.37. The summed E-state index contributed by atoms with van der Waals surface area (Å²) in [6.07, 6.45) is 5.47. The third-order valence-electron chi connectivity index (χ3n) is 5.41. The van der Waals surface area contributed by atoms with Gasteiger partial charge in [-0.2, -0.15) is 0 Å². The molecule has 2 heterocycles. The van der Waals surface area contributed by atoms with Crippen LogP contribution in [0.5, 0.6) is 5.75 Å². The third-order valence-corrected chi connectivity index (χ3v) is 5.41. The number of morpholine rings is 1. The normalized spacial score (nSPS) is 21.6. The highest BCUT2D eigenvalue weighted by atomic mass is 35.5. The molecule has 0 unspecified atom stereocenters. The van der Waals surface area contributed by atoms with Gasteiger partial charge in [0.25, 0.3) is 0 Å². The van der Waals surface area contributed by atoms with Crippen molar-refractivity contribution in [2.75, 3.05) is 37.7 Å². The zero-order valence-electron chi connectivity index (χ0n) is 15.5. The summed E-state index contributed by atoms with van der Waals surface area (Å²) in [4.78, 5) is 1.98. The quantitative estimate of drug-likeness (QED) is 0.798. The molecule has 28 heavy (non-hydrogen) atoms. The fourth-order valence-corrected chi connectivity index (χ4v) is 3.87. The second-order valence-corrected chi connectivity index (χ2v) is 7.27. The molecule has 0 saturated carbocycles. The number of benzene rings is 1. The van der Waals surface area contributed by atoms with Gasteiger partial charge in [0.05, 0.1) is 17.9 Å². The summed E-state index contributed by atoms with van der Waals surface area (Å²) >= 11 is 0. The molecule has 8 heteroatoms. The Morgan fingerprint density at radius 2 is 1.86 bits per heavy atom. The smallest absolute Gasteiger partial charge is 0.162 e. The lowest BCUT2D eigenvalue weighted by Gasteiger charge is -2.45. The molecule has 4 nitrogen and oxygen atoms in total. The maximum absolute atomic E-state index is 13.9. The molecule has 2 aliphatic heterocycles. The van der Waals surface area contributed by atoms with Crippen LogP contribution in [0.1, 0.15) is 25.7 Å². The Balaban J connectivity index is 0.00000225. The summed E-state index contributed by atoms with van der Waals surface area (Å²) < 4.78 is 53.0. The summed E-state index contributed by atoms with van der Waals surface area (Å²) in [6, 6.07) is 2.20. The molecule has 0 aromatic heterocycles. The Bertz CT molecular complexity index is 769. The van der Waals surface area contributed by atoms with E-state index in [1.807, 2.05) is 4.90 Å². The van der Waals surface area contributed by atoms with Crippen LogP contribution in [0.4, 0.5) is 18.9 Å². The average molecular weight is 417 g/mol. The number of rotatable bonds is 3. The number of halogens is 4. The largest absolute Gasteiger partial charge is 0.455 e. The summed E-state index contributed by atoms with van der Waals surface area (Å²) in [6.45, 7) is 3.63. The van der Waals surface area contributed by atoms with Crippen LogP contribution in [0, 0.1) is 11.6 Å². The van der Waals surface area contributed by atoms with Crippen molar-refractivity contribution in [2.24, 2.45) is 0 Å². The van der Waals surface area contributed by atoms with Crippen molar-refractivity contribution < 1.29 is 22.6 Å². The highest BCUT2D eigenvalue weighted by molar-refractivity contribution is 5.85. The van der Waals surface area contributed by atoms with Crippen molar-refractivity contribution in [3.63, 3.8) is 0 Å². The van der Waals surface area contributed by atoms with E-state index < -0.39 is 11.6 Å². The van der Waals surface area contributed by atoms with Gasteiger partial charge in [-0.25, -0.2) is 13.2 Å². The lowest BCUT2D eigenvalue weighted by molar-refractivity contribution is -0.0800. The molecule has 1 aromatic carbocycles. The number of hydrogen-bond donors (Lipinski definition) is 1. The standard InChI is InChI=1S/C20H23F3N2O2.ClH/c21-14-2-1-3-15(10-14)27-19-12-17(23)16(22)11-18(19)25-7-4-20(5-8-25)13-24-6-9-26-20;/h3,10-12,24H,1-2,4-9,13H2;1H. The van der Waals surface area contributed by atoms with Gasteiger partial charge in [-0.3, -0.25) is 0 Å². The van der Waals surface area contributed by atoms with Gasteiger partial charge in [-0.15, -0.1) is 12.4 Å². The van der Waals surface area contributed by atoms with E-state index in [0.29, 0.717) is 44.0 Å². The summed E-state index contributed by atoms with van der Waals surface area (Å²) in [5, 5.41) is 3.36. The Kier molecular flexibility index (Phi) is 6.58. The molecule has 0 atom stereocenters. The molecule has 0 radical (unpaired) electrons. The van der Waals surface area contributed by atoms with Crippen LogP contribution in [0.3, 0.4) is 0 Å². The first kappa shape index (κ1) is 21.0. The zero-order chi connectivity index (χ0) is 18.9. The highest BCUT2D eigenvalue weighted by Gasteiger charge is 2.37. The molecule has 0 bridgehead atoms. The lowest BCUT2D eigenvalue weighted by atomic mass is 9.89. The van der Waals surface area contributed by atoms with E-state index in [1.165, 1.54) is 6.08 Å². The number of anilines is 1. The van der Waals surface area contributed by atoms with Crippen LogP contribution in [0.25, 0.3) is 0 Å². The van der Waals surface area contributed by atoms with E-state index in [-0.39, 0.29) is 29.6 Å². The Labute approximate surface area is 168 Å². The lowest BCUT2D eigenvalue weighted by Crippen LogP contribution is -2.55. The van der Waals surface area contributed by atoms with Crippen LogP contribution >= 0.6 is 12.4 Å². The van der Waals surface area contributed by atoms with Crippen molar-refractivity contribution >= 4 is 18.1 Å². The molecule has 1 spiro atoms. The third kappa shape index (κ3) is 4.47. The molecule has 4 rings (SSSR count). The summed E-state index contributed by atoms with van der Waals surface area (Å²) in [7, 11) is 0. The molecular weight excluding hydrogens is 393 g/mol. The van der Waals surface area contributed by atoms with Crippen molar-refractivity contribution in [1.29, 1.82) is 0 Å². The van der Waals surface area contributed by atoms with E-state index in [0.717, 1.165) is 38.1 Å². The minimum atomic E-state index is -0.983. The molecule has 0 amide bonds. The zero-order valence-corrected chi connectivity index (χ0v) is 16.3. The molecule has 1 aromatic rings. The predicted octanol–water partition coefficient (Wildman–Crippen LogP) is 4.26. The van der Waals surface area contributed by atoms with Gasteiger partial charge in [0.15, 0.2) is 17.4 Å². The second kappa shape index (κ2) is 8.76. The topological polar surface area (TPSA) is 33.7 Å². The van der Waals surface area contributed by atoms with Crippen molar-refractivity contribution in [1.82, 2.24) is 5.32 Å². The van der Waals surface area contributed by atoms with E-state index >= 15 is 0 Å². The van der Waals surface area contributed by atoms with Crippen LogP contribution in [0.15, 0.2) is 35.9 Å². The van der Waals surface area contributed by atoms with E-state index in [2.05, 4.69) is 5.32 Å². The van der Waals surface area contributed by atoms with Gasteiger partial charge in [-0.05, 0) is 25.3 Å². The Hall–Kier alpha value is -1.70. The molecule has 2 fully saturated rings. The number of nitrogens with zero attached hydrogens (tertiary/aromatic N) is 1. The predicted molar refractivity (Wildman–Crippen MR) is 104 cm³/mol. The van der Waals surface area contributed by atoms with Crippen LogP contribution in [0.2, 0.25) is 0 Å². The number of ether oxygens (including phenoxy) is 2. The van der Waals surface area contributed by atoms with Crippen molar-refractivity contribution in [3.05, 3.63) is 47.5 Å². The van der Waals surface area contributed by atoms with Gasteiger partial charge in [-0.1, -0.05) is 0 Å². The Morgan fingerprint density at radius 3 is 2.54 bits per heavy atom. The van der Waals surface area contributed by atoms with Gasteiger partial charge in [0, 0.05) is 50.8 Å². The SMILES string of the molecule is Cl.FC1=CC(Oc2cc(F)c(F)cc2N2CCC3(CC2)CNCCO3)=CCC1. The summed E-state index contributed by atoms with van der Waals surface area (Å²) in [5.74, 6) is -1.67. The fraction of sp³-hybridized carbons (Fsp3) is 0.500. The molecular formula is C20H24ClF3N2O2. The highest BCUT2D eigenvalue weighted by Crippen LogP contribution is 2.37. The van der Waals surface area contributed by atoms with Crippen LogP contribution in [-0.4, -0.2) is 38.4 Å². The van der Waals surface area contributed by atoms with Gasteiger partial charge in [0.1, 0.15) is 11.6 Å². The maximum Gasteiger partial charge on any atom is 0.162 e. The van der Waals surface area contributed by atoms with Gasteiger partial charge >= 0.3 is 0 Å². The van der Waals surface area contributed by atoms with Gasteiger partial charge in [0.2, 0.25) is 0 Å². The first-order valence-corrected chi connectivity index (χ1v) is 9.37. The summed E-state index contributed by atoms with van der Waals surface area (Å²) in [5.41, 5.74) is 0.291. The second-order valence-electron chi connectivity index (χ2n) is 7.27. The Morgan fingerprint density at radius 1 is 1.11 bits per heavy atom. The molecule has 3 aliphatic rings. The van der Waals surface area contributed by atoms with E-state index in [9.17, 15) is 13.2 Å². The minimum Gasteiger partial charge on any atom is -0.455 e. The fourth-order valence-electron chi connectivity index (χ4n) is 3.87. The number of allylic oxidation sites excluding steroid dienone is 3. The molecule has 1 aliphatic carbocycles. The van der Waals surface area contributed by atoms with Gasteiger partial charge < -0.3 is 19.7 Å². The molecule has 2 saturated heterocycles. The van der Waals surface area contributed by atoms with E-state index in [4.69, 9.17) is 9.47 Å². The first-order chi connectivity index (χ1) is 13.0. The van der Waals surface area contributed by atoms with E-state index in [1.54, 1.807) is 6.08 Å². The number of hydrogen-bond acceptors (Lipinski definition) is 4. The molecule has 154 valence electrons. The average Bonchev–Trinajstić information content (AvgIpc) is 2.66. The van der Waals surface area contributed by atoms with Crippen LogP contribution in [-0.2, 0) is 4.74 Å². The van der Waals surface area contributed by atoms with Crippen molar-refractivity contribution in [3.8, 4) is 5.75 Å². The number of piperidine rings is 1. The van der Waals surface area contributed by atoms with Crippen molar-refractivity contribution in [2.45, 2.75) is 31.3 Å². The maximum atomic E-state index is 13.9. The molecule has 1 N–H and O–H groups in total. The minimum absolute atomic E-state index is 0. The number of nitrogens with one attached hydrogen (secondary N) is 1. The monoisotopic (exact) mass is 416 g/mol.